The molecule has 2 rings (SSSR count). The van der Waals surface area contributed by atoms with Gasteiger partial charge in [0.15, 0.2) is 0 Å². The summed E-state index contributed by atoms with van der Waals surface area (Å²) < 4.78 is 0. The van der Waals surface area contributed by atoms with Crippen LogP contribution in [0.15, 0.2) is 41.5 Å². The van der Waals surface area contributed by atoms with Gasteiger partial charge in [0.2, 0.25) is 5.91 Å². The molecule has 0 saturated heterocycles. The molecule has 3 N–H and O–H groups in total. The Morgan fingerprint density at radius 1 is 0.862 bits per heavy atom. The number of carbonyl (C=O) groups excluding carboxylic acids is 3. The van der Waals surface area contributed by atoms with E-state index in [9.17, 15) is 14.4 Å². The topological polar surface area (TPSA) is 99.7 Å². The van der Waals surface area contributed by atoms with Crippen LogP contribution in [0, 0.1) is 6.92 Å². The van der Waals surface area contributed by atoms with E-state index < -0.39 is 11.8 Å². The van der Waals surface area contributed by atoms with Gasteiger partial charge in [-0.15, -0.1) is 0 Å². The Bertz CT molecular complexity index is 993. The second-order valence-corrected chi connectivity index (χ2v) is 7.28. The number of benzene rings is 2. The van der Waals surface area contributed by atoms with Gasteiger partial charge in [-0.3, -0.25) is 14.4 Å². The lowest BCUT2D eigenvalue weighted by Gasteiger charge is -2.07. The second-order valence-electron chi connectivity index (χ2n) is 6.06. The Kier molecular flexibility index (Phi) is 8.01. The molecule has 0 aliphatic carbocycles. The Morgan fingerprint density at radius 2 is 1.48 bits per heavy atom. The molecule has 29 heavy (non-hydrogen) atoms. The monoisotopic (exact) mass is 454 g/mol. The minimum Gasteiger partial charge on any atom is -0.326 e. The minimum atomic E-state index is -0.981. The van der Waals surface area contributed by atoms with E-state index in [1.54, 1.807) is 24.3 Å². The second kappa shape index (κ2) is 10.2. The van der Waals surface area contributed by atoms with Crippen molar-refractivity contribution in [3.8, 4) is 0 Å². The number of carbonyl (C=O) groups is 3. The van der Waals surface area contributed by atoms with Gasteiger partial charge in [0, 0.05) is 22.1 Å². The fourth-order valence-electron chi connectivity index (χ4n) is 2.11. The van der Waals surface area contributed by atoms with Crippen molar-refractivity contribution in [2.75, 3.05) is 10.6 Å². The number of nitrogens with one attached hydrogen (secondary N) is 3. The average molecular weight is 456 g/mol. The number of hydrogen-bond donors (Lipinski definition) is 3. The van der Waals surface area contributed by atoms with Crippen LogP contribution in [0.2, 0.25) is 15.1 Å². The summed E-state index contributed by atoms with van der Waals surface area (Å²) in [7, 11) is 0. The largest absolute Gasteiger partial charge is 0.329 e. The van der Waals surface area contributed by atoms with Crippen LogP contribution in [0.25, 0.3) is 0 Å². The fourth-order valence-corrected chi connectivity index (χ4v) is 2.59. The number of hydrogen-bond acceptors (Lipinski definition) is 4. The van der Waals surface area contributed by atoms with E-state index in [0.29, 0.717) is 32.2 Å². The molecule has 0 spiro atoms. The van der Waals surface area contributed by atoms with Crippen molar-refractivity contribution in [2.45, 2.75) is 20.3 Å². The van der Waals surface area contributed by atoms with Crippen LogP contribution in [-0.2, 0) is 14.4 Å². The van der Waals surface area contributed by atoms with Crippen LogP contribution in [-0.4, -0.2) is 23.4 Å². The zero-order valence-corrected chi connectivity index (χ0v) is 17.7. The summed E-state index contributed by atoms with van der Waals surface area (Å²) in [6.07, 6.45) is -0.101. The number of amides is 3. The Labute approximate surface area is 182 Å². The minimum absolute atomic E-state index is 0.101. The van der Waals surface area contributed by atoms with Gasteiger partial charge in [0.05, 0.1) is 16.5 Å². The number of rotatable bonds is 5. The van der Waals surface area contributed by atoms with Gasteiger partial charge in [0.25, 0.3) is 0 Å². The van der Waals surface area contributed by atoms with E-state index in [-0.39, 0.29) is 12.3 Å². The molecule has 0 saturated carbocycles. The molecule has 0 radical (unpaired) electrons. The first-order chi connectivity index (χ1) is 13.7. The zero-order valence-electron chi connectivity index (χ0n) is 15.5. The lowest BCUT2D eigenvalue weighted by molar-refractivity contribution is -0.136. The highest BCUT2D eigenvalue weighted by molar-refractivity contribution is 6.42. The van der Waals surface area contributed by atoms with Crippen LogP contribution in [0.5, 0.6) is 0 Å². The molecule has 0 atom stereocenters. The summed E-state index contributed by atoms with van der Waals surface area (Å²) >= 11 is 17.7. The predicted molar refractivity (Wildman–Crippen MR) is 116 cm³/mol. The highest BCUT2D eigenvalue weighted by Crippen LogP contribution is 2.25. The van der Waals surface area contributed by atoms with Crippen LogP contribution in [0.1, 0.15) is 18.9 Å². The number of hydrazone groups is 1. The number of halogens is 3. The lowest BCUT2D eigenvalue weighted by atomic mass is 10.2. The molecule has 0 fully saturated rings. The van der Waals surface area contributed by atoms with Crippen LogP contribution >= 0.6 is 34.8 Å². The summed E-state index contributed by atoms with van der Waals surface area (Å²) in [5, 5.41) is 9.93. The van der Waals surface area contributed by atoms with Crippen molar-refractivity contribution in [1.29, 1.82) is 0 Å². The molecule has 0 bridgehead atoms. The standard InChI is InChI=1S/C19H17Cl3N4O3/c1-10-3-4-13(8-15(10)21)24-18(28)19(29)26-25-11(2)7-17(27)23-12-5-6-14(20)16(22)9-12/h3-6,8-9H,7H2,1-2H3,(H,23,27)(H,24,28)(H,26,29)/b25-11-. The summed E-state index contributed by atoms with van der Waals surface area (Å²) in [5.41, 5.74) is 4.08. The highest BCUT2D eigenvalue weighted by Gasteiger charge is 2.14. The predicted octanol–water partition coefficient (Wildman–Crippen LogP) is 4.41. The van der Waals surface area contributed by atoms with Gasteiger partial charge in [-0.2, -0.15) is 5.10 Å². The number of aryl methyl sites for hydroxylation is 1. The van der Waals surface area contributed by atoms with E-state index in [1.165, 1.54) is 19.1 Å². The van der Waals surface area contributed by atoms with Crippen molar-refractivity contribution >= 4 is 69.6 Å². The lowest BCUT2D eigenvalue weighted by Crippen LogP contribution is -2.33. The molecule has 7 nitrogen and oxygen atoms in total. The first kappa shape index (κ1) is 22.7. The maximum Gasteiger partial charge on any atom is 0.329 e. The SMILES string of the molecule is C/C(CC(=O)Nc1ccc(Cl)c(Cl)c1)=N/NC(=O)C(=O)Nc1ccc(C)c(Cl)c1. The molecule has 0 unspecified atom stereocenters. The number of anilines is 2. The molecule has 2 aromatic carbocycles. The molecule has 3 amide bonds. The van der Waals surface area contributed by atoms with Crippen molar-refractivity contribution < 1.29 is 14.4 Å². The molecule has 152 valence electrons. The molecule has 0 heterocycles. The van der Waals surface area contributed by atoms with Crippen LogP contribution in [0.4, 0.5) is 11.4 Å². The van der Waals surface area contributed by atoms with Crippen molar-refractivity contribution in [2.24, 2.45) is 5.10 Å². The smallest absolute Gasteiger partial charge is 0.326 e. The first-order valence-electron chi connectivity index (χ1n) is 8.31. The zero-order chi connectivity index (χ0) is 21.6. The Hall–Kier alpha value is -2.61. The Morgan fingerprint density at radius 3 is 2.14 bits per heavy atom. The third kappa shape index (κ3) is 7.05. The summed E-state index contributed by atoms with van der Waals surface area (Å²) in [6, 6.07) is 9.53. The van der Waals surface area contributed by atoms with Gasteiger partial charge in [0.1, 0.15) is 0 Å². The van der Waals surface area contributed by atoms with E-state index in [4.69, 9.17) is 34.8 Å². The first-order valence-corrected chi connectivity index (χ1v) is 9.44. The highest BCUT2D eigenvalue weighted by atomic mass is 35.5. The van der Waals surface area contributed by atoms with Crippen molar-refractivity contribution in [3.63, 3.8) is 0 Å². The van der Waals surface area contributed by atoms with Gasteiger partial charge < -0.3 is 10.6 Å². The maximum atomic E-state index is 12.0. The molecule has 10 heteroatoms. The maximum absolute atomic E-state index is 12.0. The quantitative estimate of drug-likeness (QED) is 0.353. The molecule has 0 aliphatic heterocycles. The van der Waals surface area contributed by atoms with E-state index in [2.05, 4.69) is 21.2 Å². The summed E-state index contributed by atoms with van der Waals surface area (Å²) in [5.74, 6) is -2.27. The summed E-state index contributed by atoms with van der Waals surface area (Å²) in [4.78, 5) is 35.8. The number of nitrogens with zero attached hydrogens (tertiary/aromatic N) is 1. The average Bonchev–Trinajstić information content (AvgIpc) is 2.65. The van der Waals surface area contributed by atoms with Gasteiger partial charge >= 0.3 is 11.8 Å². The van der Waals surface area contributed by atoms with E-state index in [1.807, 2.05) is 6.92 Å². The normalized spacial score (nSPS) is 11.0. The van der Waals surface area contributed by atoms with Crippen molar-refractivity contribution in [3.05, 3.63) is 57.0 Å². The molecular formula is C19H17Cl3N4O3. The van der Waals surface area contributed by atoms with E-state index in [0.717, 1.165) is 5.56 Å². The molecule has 2 aromatic rings. The van der Waals surface area contributed by atoms with Crippen molar-refractivity contribution in [1.82, 2.24) is 5.43 Å². The third-order valence-corrected chi connectivity index (χ3v) is 4.75. The van der Waals surface area contributed by atoms with Crippen LogP contribution < -0.4 is 16.1 Å². The van der Waals surface area contributed by atoms with Gasteiger partial charge in [-0.05, 0) is 49.7 Å². The Balaban J connectivity index is 1.86. The fraction of sp³-hybridized carbons (Fsp3) is 0.158. The van der Waals surface area contributed by atoms with Gasteiger partial charge in [-0.1, -0.05) is 40.9 Å². The molecule has 0 aliphatic rings. The molecule has 0 aromatic heterocycles. The summed E-state index contributed by atoms with van der Waals surface area (Å²) in [6.45, 7) is 3.35. The van der Waals surface area contributed by atoms with Gasteiger partial charge in [-0.25, -0.2) is 5.43 Å². The van der Waals surface area contributed by atoms with Crippen LogP contribution in [0.3, 0.4) is 0 Å². The third-order valence-electron chi connectivity index (χ3n) is 3.60. The molecular weight excluding hydrogens is 439 g/mol. The van der Waals surface area contributed by atoms with E-state index >= 15 is 0 Å².